The molecule has 0 spiro atoms. The highest BCUT2D eigenvalue weighted by Gasteiger charge is 2.26. The summed E-state index contributed by atoms with van der Waals surface area (Å²) in [5.41, 5.74) is 0.256. The van der Waals surface area contributed by atoms with Crippen molar-refractivity contribution in [3.63, 3.8) is 0 Å². The minimum Gasteiger partial charge on any atom is -0.506 e. The first kappa shape index (κ1) is 16.2. The van der Waals surface area contributed by atoms with Crippen molar-refractivity contribution in [1.82, 2.24) is 0 Å². The molecule has 0 amide bonds. The van der Waals surface area contributed by atoms with Gasteiger partial charge >= 0.3 is 11.9 Å². The highest BCUT2D eigenvalue weighted by Crippen LogP contribution is 2.33. The normalized spacial score (nSPS) is 11.7. The number of halogens is 1. The Kier molecular flexibility index (Phi) is 5.69. The number of benzene rings is 1. The molecule has 6 nitrogen and oxygen atoms in total. The average Bonchev–Trinajstić information content (AvgIpc) is 2.39. The molecule has 0 aromatic heterocycles. The first-order valence-corrected chi connectivity index (χ1v) is 6.56. The first-order chi connectivity index (χ1) is 9.40. The molecule has 1 rings (SSSR count). The van der Waals surface area contributed by atoms with E-state index in [0.717, 1.165) is 0 Å². The van der Waals surface area contributed by atoms with Crippen LogP contribution in [-0.4, -0.2) is 35.0 Å². The fourth-order valence-corrected chi connectivity index (χ4v) is 2.18. The maximum Gasteiger partial charge on any atom is 0.313 e. The van der Waals surface area contributed by atoms with Crippen molar-refractivity contribution in [2.24, 2.45) is 0 Å². The van der Waals surface area contributed by atoms with Crippen molar-refractivity contribution in [3.05, 3.63) is 27.7 Å². The van der Waals surface area contributed by atoms with E-state index in [1.165, 1.54) is 12.1 Å². The van der Waals surface area contributed by atoms with Crippen LogP contribution >= 0.6 is 15.9 Å². The lowest BCUT2D eigenvalue weighted by atomic mass is 9.94. The van der Waals surface area contributed by atoms with Gasteiger partial charge in [0.1, 0.15) is 5.75 Å². The summed E-state index contributed by atoms with van der Waals surface area (Å²) < 4.78 is 5.04. The van der Waals surface area contributed by atoms with Crippen molar-refractivity contribution >= 4 is 34.2 Å². The molecular formula is C13H13BrO6. The number of phenolic OH excluding ortho intramolecular Hbond substituents is 1. The van der Waals surface area contributed by atoms with Crippen LogP contribution in [-0.2, 0) is 14.3 Å². The number of aldehydes is 1. The van der Waals surface area contributed by atoms with Crippen molar-refractivity contribution < 1.29 is 29.3 Å². The number of phenols is 1. The van der Waals surface area contributed by atoms with Crippen molar-refractivity contribution in [2.45, 2.75) is 19.3 Å². The van der Waals surface area contributed by atoms with Crippen LogP contribution in [0.15, 0.2) is 16.6 Å². The number of carbonyl (C=O) groups is 3. The summed E-state index contributed by atoms with van der Waals surface area (Å²) in [5.74, 6) is -3.16. The number of carboxylic acid groups (broad SMARTS) is 1. The minimum atomic E-state index is -1.17. The van der Waals surface area contributed by atoms with E-state index in [0.29, 0.717) is 6.29 Å². The standard InChI is InChI=1S/C13H13BrO6/c1-2-20-13(19)9(5-11(16)17)7-3-8(6-15)12(18)10(14)4-7/h3-4,6,9,18H,2,5H2,1H3,(H,16,17). The third kappa shape index (κ3) is 3.80. The largest absolute Gasteiger partial charge is 0.506 e. The van der Waals surface area contributed by atoms with Gasteiger partial charge in [0.05, 0.1) is 29.0 Å². The fourth-order valence-electron chi connectivity index (χ4n) is 1.69. The summed E-state index contributed by atoms with van der Waals surface area (Å²) in [6, 6.07) is 2.67. The third-order valence-corrected chi connectivity index (χ3v) is 3.20. The molecule has 2 N–H and O–H groups in total. The Balaban J connectivity index is 3.26. The molecule has 0 bridgehead atoms. The number of aromatic hydroxyl groups is 1. The molecule has 108 valence electrons. The summed E-state index contributed by atoms with van der Waals surface area (Å²) in [6.45, 7) is 1.73. The van der Waals surface area contributed by atoms with E-state index in [2.05, 4.69) is 15.9 Å². The van der Waals surface area contributed by atoms with Crippen LogP contribution in [0.4, 0.5) is 0 Å². The van der Waals surface area contributed by atoms with E-state index in [1.807, 2.05) is 0 Å². The second kappa shape index (κ2) is 7.04. The predicted molar refractivity (Wildman–Crippen MR) is 72.8 cm³/mol. The molecule has 0 saturated heterocycles. The summed E-state index contributed by atoms with van der Waals surface area (Å²) >= 11 is 3.05. The van der Waals surface area contributed by atoms with Gasteiger partial charge in [-0.3, -0.25) is 14.4 Å². The van der Waals surface area contributed by atoms with Gasteiger partial charge in [-0.15, -0.1) is 0 Å². The molecule has 0 aliphatic rings. The number of esters is 1. The Bertz CT molecular complexity index is 540. The quantitative estimate of drug-likeness (QED) is 0.605. The van der Waals surface area contributed by atoms with Crippen LogP contribution in [0, 0.1) is 0 Å². The summed E-state index contributed by atoms with van der Waals surface area (Å²) in [4.78, 5) is 33.5. The van der Waals surface area contributed by atoms with Gasteiger partial charge in [0, 0.05) is 0 Å². The van der Waals surface area contributed by atoms with Crippen LogP contribution in [0.5, 0.6) is 5.75 Å². The topological polar surface area (TPSA) is 101 Å². The van der Waals surface area contributed by atoms with E-state index in [1.54, 1.807) is 6.92 Å². The van der Waals surface area contributed by atoms with Crippen LogP contribution in [0.1, 0.15) is 35.2 Å². The fraction of sp³-hybridized carbons (Fsp3) is 0.308. The predicted octanol–water partition coefficient (Wildman–Crippen LogP) is 2.09. The number of aliphatic carboxylic acids is 1. The second-order valence-corrected chi connectivity index (χ2v) is 4.82. The molecule has 1 aromatic rings. The van der Waals surface area contributed by atoms with Crippen LogP contribution in [0.25, 0.3) is 0 Å². The molecule has 0 aliphatic carbocycles. The second-order valence-electron chi connectivity index (χ2n) is 3.96. The SMILES string of the molecule is CCOC(=O)C(CC(=O)O)c1cc(Br)c(O)c(C=O)c1. The molecule has 0 fully saturated rings. The van der Waals surface area contributed by atoms with Crippen LogP contribution in [0.3, 0.4) is 0 Å². The first-order valence-electron chi connectivity index (χ1n) is 5.76. The molecular weight excluding hydrogens is 332 g/mol. The molecule has 1 aromatic carbocycles. The Morgan fingerprint density at radius 2 is 2.10 bits per heavy atom. The third-order valence-electron chi connectivity index (χ3n) is 2.59. The molecule has 0 radical (unpaired) electrons. The number of hydrogen-bond acceptors (Lipinski definition) is 5. The summed E-state index contributed by atoms with van der Waals surface area (Å²) in [6.07, 6.45) is -0.0408. The summed E-state index contributed by atoms with van der Waals surface area (Å²) in [5, 5.41) is 18.5. The lowest BCUT2D eigenvalue weighted by Crippen LogP contribution is -2.19. The molecule has 20 heavy (non-hydrogen) atoms. The Hall–Kier alpha value is -1.89. The van der Waals surface area contributed by atoms with Crippen LogP contribution in [0.2, 0.25) is 0 Å². The molecule has 0 heterocycles. The van der Waals surface area contributed by atoms with E-state index in [9.17, 15) is 19.5 Å². The molecule has 0 saturated carbocycles. The van der Waals surface area contributed by atoms with Gasteiger partial charge in [-0.2, -0.15) is 0 Å². The number of rotatable bonds is 6. The van der Waals surface area contributed by atoms with E-state index < -0.39 is 24.3 Å². The zero-order chi connectivity index (χ0) is 15.3. The van der Waals surface area contributed by atoms with Crippen molar-refractivity contribution in [2.75, 3.05) is 6.61 Å². The van der Waals surface area contributed by atoms with E-state index in [4.69, 9.17) is 9.84 Å². The zero-order valence-electron chi connectivity index (χ0n) is 10.6. The Morgan fingerprint density at radius 3 is 2.60 bits per heavy atom. The highest BCUT2D eigenvalue weighted by molar-refractivity contribution is 9.10. The van der Waals surface area contributed by atoms with Gasteiger partial charge in [0.25, 0.3) is 0 Å². The Morgan fingerprint density at radius 1 is 1.45 bits per heavy atom. The molecule has 0 aliphatic heterocycles. The van der Waals surface area contributed by atoms with Gasteiger partial charge in [0.15, 0.2) is 6.29 Å². The van der Waals surface area contributed by atoms with Gasteiger partial charge in [-0.25, -0.2) is 0 Å². The van der Waals surface area contributed by atoms with Crippen molar-refractivity contribution in [3.8, 4) is 5.75 Å². The summed E-state index contributed by atoms with van der Waals surface area (Å²) in [7, 11) is 0. The minimum absolute atomic E-state index is 0.0333. The van der Waals surface area contributed by atoms with E-state index >= 15 is 0 Å². The molecule has 1 unspecified atom stereocenters. The lowest BCUT2D eigenvalue weighted by Gasteiger charge is -2.15. The average molecular weight is 345 g/mol. The molecule has 1 atom stereocenters. The smallest absolute Gasteiger partial charge is 0.313 e. The number of carbonyl (C=O) groups excluding carboxylic acids is 2. The number of ether oxygens (including phenoxy) is 1. The monoisotopic (exact) mass is 344 g/mol. The number of hydrogen-bond donors (Lipinski definition) is 2. The number of carboxylic acids is 1. The maximum absolute atomic E-state index is 11.8. The van der Waals surface area contributed by atoms with Gasteiger partial charge in [0.2, 0.25) is 0 Å². The van der Waals surface area contributed by atoms with E-state index in [-0.39, 0.29) is 28.0 Å². The van der Waals surface area contributed by atoms with Gasteiger partial charge in [-0.1, -0.05) is 0 Å². The van der Waals surface area contributed by atoms with Gasteiger partial charge in [-0.05, 0) is 40.5 Å². The lowest BCUT2D eigenvalue weighted by molar-refractivity contribution is -0.149. The van der Waals surface area contributed by atoms with Crippen LogP contribution < -0.4 is 0 Å². The zero-order valence-corrected chi connectivity index (χ0v) is 12.2. The highest BCUT2D eigenvalue weighted by atomic mass is 79.9. The Labute approximate surface area is 123 Å². The maximum atomic E-state index is 11.8. The van der Waals surface area contributed by atoms with Gasteiger partial charge < -0.3 is 14.9 Å². The molecule has 7 heteroatoms. The van der Waals surface area contributed by atoms with Crippen molar-refractivity contribution in [1.29, 1.82) is 0 Å².